The Bertz CT molecular complexity index is 341. The lowest BCUT2D eigenvalue weighted by Gasteiger charge is -2.40. The first-order chi connectivity index (χ1) is 8.22. The number of likely N-dealkylation sites (tertiary alicyclic amines) is 1. The molecule has 0 bridgehead atoms. The summed E-state index contributed by atoms with van der Waals surface area (Å²) in [6, 6.07) is 2.42. The predicted octanol–water partition coefficient (Wildman–Crippen LogP) is 1.64. The molecule has 0 aliphatic carbocycles. The van der Waals surface area contributed by atoms with Gasteiger partial charge in [0.15, 0.2) is 0 Å². The molecule has 0 spiro atoms. The molecule has 0 radical (unpaired) electrons. The SMILES string of the molecule is CCN1CC[C@@H](N(C)c2ncccn2)[C@H](C)C1. The highest BCUT2D eigenvalue weighted by atomic mass is 15.3. The first kappa shape index (κ1) is 12.3. The highest BCUT2D eigenvalue weighted by molar-refractivity contribution is 5.29. The largest absolute Gasteiger partial charge is 0.341 e. The number of hydrogen-bond acceptors (Lipinski definition) is 4. The van der Waals surface area contributed by atoms with Crippen LogP contribution in [0, 0.1) is 5.92 Å². The zero-order valence-electron chi connectivity index (χ0n) is 11.0. The third-order valence-electron chi connectivity index (χ3n) is 3.76. The van der Waals surface area contributed by atoms with E-state index in [0.29, 0.717) is 12.0 Å². The lowest BCUT2D eigenvalue weighted by Crippen LogP contribution is -2.49. The molecule has 1 aromatic rings. The molecule has 1 aromatic heterocycles. The summed E-state index contributed by atoms with van der Waals surface area (Å²) >= 11 is 0. The number of piperidine rings is 1. The van der Waals surface area contributed by atoms with Crippen molar-refractivity contribution in [1.82, 2.24) is 14.9 Å². The molecule has 0 amide bonds. The predicted molar refractivity (Wildman–Crippen MR) is 70.1 cm³/mol. The first-order valence-electron chi connectivity index (χ1n) is 6.44. The quantitative estimate of drug-likeness (QED) is 0.796. The van der Waals surface area contributed by atoms with Crippen LogP contribution in [0.2, 0.25) is 0 Å². The van der Waals surface area contributed by atoms with E-state index in [9.17, 15) is 0 Å². The second kappa shape index (κ2) is 5.45. The molecule has 4 heteroatoms. The molecule has 1 aliphatic rings. The van der Waals surface area contributed by atoms with Crippen LogP contribution in [0.25, 0.3) is 0 Å². The van der Waals surface area contributed by atoms with E-state index >= 15 is 0 Å². The molecule has 4 nitrogen and oxygen atoms in total. The topological polar surface area (TPSA) is 32.3 Å². The van der Waals surface area contributed by atoms with Gasteiger partial charge in [0.05, 0.1) is 0 Å². The van der Waals surface area contributed by atoms with Gasteiger partial charge in [-0.2, -0.15) is 0 Å². The molecule has 2 heterocycles. The molecular formula is C13H22N4. The van der Waals surface area contributed by atoms with Crippen molar-refractivity contribution in [3.05, 3.63) is 18.5 Å². The molecule has 1 aliphatic heterocycles. The van der Waals surface area contributed by atoms with E-state index in [2.05, 4.69) is 40.7 Å². The average Bonchev–Trinajstić information content (AvgIpc) is 2.39. The lowest BCUT2D eigenvalue weighted by molar-refractivity contribution is 0.168. The smallest absolute Gasteiger partial charge is 0.225 e. The summed E-state index contributed by atoms with van der Waals surface area (Å²) in [5.74, 6) is 1.51. The van der Waals surface area contributed by atoms with Crippen LogP contribution >= 0.6 is 0 Å². The van der Waals surface area contributed by atoms with Gasteiger partial charge in [0, 0.05) is 38.6 Å². The summed E-state index contributed by atoms with van der Waals surface area (Å²) in [4.78, 5) is 13.4. The first-order valence-corrected chi connectivity index (χ1v) is 6.44. The number of anilines is 1. The highest BCUT2D eigenvalue weighted by Crippen LogP contribution is 2.23. The van der Waals surface area contributed by atoms with Crippen LogP contribution in [0.1, 0.15) is 20.3 Å². The summed E-state index contributed by atoms with van der Waals surface area (Å²) in [7, 11) is 2.11. The van der Waals surface area contributed by atoms with Crippen molar-refractivity contribution in [1.29, 1.82) is 0 Å². The van der Waals surface area contributed by atoms with Gasteiger partial charge in [-0.15, -0.1) is 0 Å². The van der Waals surface area contributed by atoms with Crippen molar-refractivity contribution in [2.45, 2.75) is 26.3 Å². The van der Waals surface area contributed by atoms with E-state index < -0.39 is 0 Å². The summed E-state index contributed by atoms with van der Waals surface area (Å²) in [6.45, 7) is 8.08. The fourth-order valence-electron chi connectivity index (χ4n) is 2.70. The fraction of sp³-hybridized carbons (Fsp3) is 0.692. The van der Waals surface area contributed by atoms with Crippen LogP contribution < -0.4 is 4.90 Å². The van der Waals surface area contributed by atoms with Crippen LogP contribution in [-0.2, 0) is 0 Å². The Hall–Kier alpha value is -1.16. The van der Waals surface area contributed by atoms with Crippen molar-refractivity contribution in [3.63, 3.8) is 0 Å². The molecule has 2 rings (SSSR count). The Morgan fingerprint density at radius 2 is 2.12 bits per heavy atom. The van der Waals surface area contributed by atoms with Crippen LogP contribution in [0.15, 0.2) is 18.5 Å². The lowest BCUT2D eigenvalue weighted by atomic mass is 9.93. The van der Waals surface area contributed by atoms with Crippen LogP contribution in [0.5, 0.6) is 0 Å². The average molecular weight is 234 g/mol. The van der Waals surface area contributed by atoms with E-state index in [1.165, 1.54) is 19.5 Å². The summed E-state index contributed by atoms with van der Waals surface area (Å²) < 4.78 is 0. The molecule has 2 atom stereocenters. The molecule has 0 aromatic carbocycles. The Kier molecular flexibility index (Phi) is 3.94. The van der Waals surface area contributed by atoms with Crippen LogP contribution in [0.3, 0.4) is 0 Å². The van der Waals surface area contributed by atoms with Crippen LogP contribution in [0.4, 0.5) is 5.95 Å². The van der Waals surface area contributed by atoms with Gasteiger partial charge < -0.3 is 9.80 Å². The Balaban J connectivity index is 2.03. The molecule has 1 fully saturated rings. The molecule has 0 saturated carbocycles. The molecule has 17 heavy (non-hydrogen) atoms. The van der Waals surface area contributed by atoms with Gasteiger partial charge in [-0.3, -0.25) is 0 Å². The van der Waals surface area contributed by atoms with Gasteiger partial charge in [-0.05, 0) is 24.9 Å². The third kappa shape index (κ3) is 2.75. The Labute approximate surface area is 104 Å². The van der Waals surface area contributed by atoms with Crippen molar-refractivity contribution >= 4 is 5.95 Å². The molecule has 94 valence electrons. The van der Waals surface area contributed by atoms with E-state index in [0.717, 1.165) is 12.5 Å². The maximum Gasteiger partial charge on any atom is 0.225 e. The normalized spacial score (nSPS) is 25.8. The van der Waals surface area contributed by atoms with E-state index in [4.69, 9.17) is 0 Å². The van der Waals surface area contributed by atoms with E-state index in [1.54, 1.807) is 0 Å². The second-order valence-corrected chi connectivity index (χ2v) is 4.89. The minimum absolute atomic E-state index is 0.556. The highest BCUT2D eigenvalue weighted by Gasteiger charge is 2.29. The van der Waals surface area contributed by atoms with E-state index in [1.807, 2.05) is 18.5 Å². The zero-order chi connectivity index (χ0) is 12.3. The van der Waals surface area contributed by atoms with Gasteiger partial charge in [0.2, 0.25) is 5.95 Å². The summed E-state index contributed by atoms with van der Waals surface area (Å²) in [6.07, 6.45) is 4.82. The van der Waals surface area contributed by atoms with Crippen molar-refractivity contribution in [2.75, 3.05) is 31.6 Å². The van der Waals surface area contributed by atoms with Crippen molar-refractivity contribution < 1.29 is 0 Å². The van der Waals surface area contributed by atoms with Gasteiger partial charge >= 0.3 is 0 Å². The van der Waals surface area contributed by atoms with Gasteiger partial charge in [-0.1, -0.05) is 13.8 Å². The number of rotatable bonds is 3. The van der Waals surface area contributed by atoms with Crippen molar-refractivity contribution in [2.24, 2.45) is 5.92 Å². The molecular weight excluding hydrogens is 212 g/mol. The summed E-state index contributed by atoms with van der Waals surface area (Å²) in [5, 5.41) is 0. The zero-order valence-corrected chi connectivity index (χ0v) is 11.0. The van der Waals surface area contributed by atoms with Crippen LogP contribution in [-0.4, -0.2) is 47.6 Å². The molecule has 1 saturated heterocycles. The van der Waals surface area contributed by atoms with Gasteiger partial charge in [0.1, 0.15) is 0 Å². The Morgan fingerprint density at radius 3 is 2.71 bits per heavy atom. The molecule has 0 unspecified atom stereocenters. The summed E-state index contributed by atoms with van der Waals surface area (Å²) in [5.41, 5.74) is 0. The second-order valence-electron chi connectivity index (χ2n) is 4.89. The van der Waals surface area contributed by atoms with Gasteiger partial charge in [-0.25, -0.2) is 9.97 Å². The van der Waals surface area contributed by atoms with Gasteiger partial charge in [0.25, 0.3) is 0 Å². The third-order valence-corrected chi connectivity index (χ3v) is 3.76. The standard InChI is InChI=1S/C13H22N4/c1-4-17-9-6-12(11(2)10-17)16(3)13-14-7-5-8-15-13/h5,7-8,11-12H,4,6,9-10H2,1-3H3/t11-,12-/m1/s1. The number of aromatic nitrogens is 2. The Morgan fingerprint density at radius 1 is 1.41 bits per heavy atom. The number of hydrogen-bond donors (Lipinski definition) is 0. The number of nitrogens with zero attached hydrogens (tertiary/aromatic N) is 4. The maximum atomic E-state index is 4.33. The maximum absolute atomic E-state index is 4.33. The minimum atomic E-state index is 0.556. The fourth-order valence-corrected chi connectivity index (χ4v) is 2.70. The molecule has 0 N–H and O–H groups in total. The minimum Gasteiger partial charge on any atom is -0.341 e. The van der Waals surface area contributed by atoms with Crippen molar-refractivity contribution in [3.8, 4) is 0 Å². The monoisotopic (exact) mass is 234 g/mol. The van der Waals surface area contributed by atoms with E-state index in [-0.39, 0.29) is 0 Å².